The summed E-state index contributed by atoms with van der Waals surface area (Å²) in [6, 6.07) is 2.37. The Kier molecular flexibility index (Phi) is 3.05. The standard InChI is InChI=1S/C11H10F2N4O/c1-5-3-4-6(12)7(8(5)13)9-15-10(14)17-11(16-9)18-2/h3-4H,1-2H3,(H2,14,15,16,17). The van der Waals surface area contributed by atoms with E-state index in [2.05, 4.69) is 15.0 Å². The van der Waals surface area contributed by atoms with Crippen LogP contribution in [0.3, 0.4) is 0 Å². The number of aryl methyl sites for hydroxylation is 1. The number of nitrogens with zero attached hydrogens (tertiary/aromatic N) is 3. The third-order valence-electron chi connectivity index (χ3n) is 2.32. The summed E-state index contributed by atoms with van der Waals surface area (Å²) in [7, 11) is 1.32. The maximum Gasteiger partial charge on any atom is 0.321 e. The number of aromatic nitrogens is 3. The first kappa shape index (κ1) is 12.2. The van der Waals surface area contributed by atoms with Crippen LogP contribution in [0.1, 0.15) is 5.56 Å². The molecule has 0 spiro atoms. The predicted molar refractivity (Wildman–Crippen MR) is 60.9 cm³/mol. The van der Waals surface area contributed by atoms with Gasteiger partial charge in [0.15, 0.2) is 5.82 Å². The van der Waals surface area contributed by atoms with Crippen molar-refractivity contribution < 1.29 is 13.5 Å². The Morgan fingerprint density at radius 3 is 2.56 bits per heavy atom. The average Bonchev–Trinajstić information content (AvgIpc) is 2.34. The topological polar surface area (TPSA) is 73.9 Å². The maximum atomic E-state index is 13.9. The third kappa shape index (κ3) is 2.06. The van der Waals surface area contributed by atoms with Gasteiger partial charge in [0.25, 0.3) is 0 Å². The first-order valence-electron chi connectivity index (χ1n) is 5.03. The normalized spacial score (nSPS) is 10.4. The zero-order valence-electron chi connectivity index (χ0n) is 9.74. The lowest BCUT2D eigenvalue weighted by Gasteiger charge is -2.07. The molecule has 1 heterocycles. The van der Waals surface area contributed by atoms with E-state index in [1.165, 1.54) is 20.1 Å². The van der Waals surface area contributed by atoms with Gasteiger partial charge in [-0.25, -0.2) is 8.78 Å². The Labute approximate surface area is 102 Å². The van der Waals surface area contributed by atoms with Crippen LogP contribution in [-0.4, -0.2) is 22.1 Å². The van der Waals surface area contributed by atoms with Crippen LogP contribution in [0.5, 0.6) is 6.01 Å². The highest BCUT2D eigenvalue weighted by Gasteiger charge is 2.18. The van der Waals surface area contributed by atoms with E-state index in [0.29, 0.717) is 0 Å². The largest absolute Gasteiger partial charge is 0.467 e. The minimum Gasteiger partial charge on any atom is -0.467 e. The second-order valence-electron chi connectivity index (χ2n) is 3.56. The lowest BCUT2D eigenvalue weighted by molar-refractivity contribution is 0.379. The van der Waals surface area contributed by atoms with Crippen LogP contribution in [0.4, 0.5) is 14.7 Å². The summed E-state index contributed by atoms with van der Waals surface area (Å²) < 4.78 is 32.3. The number of ether oxygens (including phenoxy) is 1. The molecular formula is C11H10F2N4O. The fraction of sp³-hybridized carbons (Fsp3) is 0.182. The molecule has 5 nitrogen and oxygen atoms in total. The van der Waals surface area contributed by atoms with E-state index in [9.17, 15) is 8.78 Å². The van der Waals surface area contributed by atoms with Crippen LogP contribution < -0.4 is 10.5 Å². The second-order valence-corrected chi connectivity index (χ2v) is 3.56. The van der Waals surface area contributed by atoms with Crippen molar-refractivity contribution in [1.29, 1.82) is 0 Å². The van der Waals surface area contributed by atoms with Gasteiger partial charge in [-0.2, -0.15) is 15.0 Å². The van der Waals surface area contributed by atoms with Crippen LogP contribution in [-0.2, 0) is 0 Å². The molecule has 0 amide bonds. The van der Waals surface area contributed by atoms with E-state index in [1.54, 1.807) is 0 Å². The van der Waals surface area contributed by atoms with E-state index in [1.807, 2.05) is 0 Å². The summed E-state index contributed by atoms with van der Waals surface area (Å²) in [5, 5.41) is 0. The number of anilines is 1. The summed E-state index contributed by atoms with van der Waals surface area (Å²) in [5.74, 6) is -1.87. The summed E-state index contributed by atoms with van der Waals surface area (Å²) in [5.41, 5.74) is 5.36. The molecule has 0 aliphatic rings. The molecule has 2 rings (SSSR count). The number of hydrogen-bond acceptors (Lipinski definition) is 5. The number of nitrogens with two attached hydrogens (primary N) is 1. The number of rotatable bonds is 2. The van der Waals surface area contributed by atoms with Gasteiger partial charge in [0.1, 0.15) is 11.6 Å². The highest BCUT2D eigenvalue weighted by atomic mass is 19.1. The molecule has 0 atom stereocenters. The van der Waals surface area contributed by atoms with Crippen molar-refractivity contribution in [2.45, 2.75) is 6.92 Å². The van der Waals surface area contributed by atoms with E-state index in [-0.39, 0.29) is 28.9 Å². The fourth-order valence-electron chi connectivity index (χ4n) is 1.44. The zero-order chi connectivity index (χ0) is 13.3. The molecule has 0 aliphatic carbocycles. The van der Waals surface area contributed by atoms with Gasteiger partial charge in [0.2, 0.25) is 5.95 Å². The Bertz CT molecular complexity index is 604. The Morgan fingerprint density at radius 1 is 1.17 bits per heavy atom. The summed E-state index contributed by atoms with van der Waals surface area (Å²) in [6.45, 7) is 1.51. The summed E-state index contributed by atoms with van der Waals surface area (Å²) >= 11 is 0. The van der Waals surface area contributed by atoms with Gasteiger partial charge in [0.05, 0.1) is 12.7 Å². The molecule has 18 heavy (non-hydrogen) atoms. The third-order valence-corrected chi connectivity index (χ3v) is 2.32. The van der Waals surface area contributed by atoms with E-state index in [0.717, 1.165) is 6.07 Å². The maximum absolute atomic E-state index is 13.9. The molecule has 0 fully saturated rings. The van der Waals surface area contributed by atoms with Crippen molar-refractivity contribution in [3.8, 4) is 17.4 Å². The second kappa shape index (κ2) is 4.52. The first-order valence-corrected chi connectivity index (χ1v) is 5.03. The molecule has 0 saturated heterocycles. The van der Waals surface area contributed by atoms with Crippen molar-refractivity contribution >= 4 is 5.95 Å². The lowest BCUT2D eigenvalue weighted by Crippen LogP contribution is -2.05. The van der Waals surface area contributed by atoms with Crippen molar-refractivity contribution in [2.24, 2.45) is 0 Å². The van der Waals surface area contributed by atoms with Gasteiger partial charge >= 0.3 is 6.01 Å². The zero-order valence-corrected chi connectivity index (χ0v) is 9.74. The van der Waals surface area contributed by atoms with Crippen LogP contribution in [0.2, 0.25) is 0 Å². The van der Waals surface area contributed by atoms with Crippen LogP contribution in [0, 0.1) is 18.6 Å². The van der Waals surface area contributed by atoms with Crippen LogP contribution in [0.25, 0.3) is 11.4 Å². The van der Waals surface area contributed by atoms with Crippen molar-refractivity contribution in [2.75, 3.05) is 12.8 Å². The van der Waals surface area contributed by atoms with Crippen molar-refractivity contribution in [3.05, 3.63) is 29.3 Å². The summed E-state index contributed by atoms with van der Waals surface area (Å²) in [4.78, 5) is 11.1. The SMILES string of the molecule is COc1nc(N)nc(-c2c(F)ccc(C)c2F)n1. The van der Waals surface area contributed by atoms with Gasteiger partial charge < -0.3 is 10.5 Å². The molecule has 2 N–H and O–H groups in total. The highest BCUT2D eigenvalue weighted by Crippen LogP contribution is 2.26. The van der Waals surface area contributed by atoms with Crippen LogP contribution >= 0.6 is 0 Å². The van der Waals surface area contributed by atoms with Crippen LogP contribution in [0.15, 0.2) is 12.1 Å². The molecule has 7 heteroatoms. The Hall–Kier alpha value is -2.31. The molecule has 1 aromatic heterocycles. The minimum atomic E-state index is -0.772. The fourth-order valence-corrected chi connectivity index (χ4v) is 1.44. The molecule has 2 aromatic rings. The number of nitrogen functional groups attached to an aromatic ring is 1. The minimum absolute atomic E-state index is 0.0993. The molecular weight excluding hydrogens is 242 g/mol. The Morgan fingerprint density at radius 2 is 1.89 bits per heavy atom. The van der Waals surface area contributed by atoms with Crippen molar-refractivity contribution in [3.63, 3.8) is 0 Å². The lowest BCUT2D eigenvalue weighted by atomic mass is 10.1. The monoisotopic (exact) mass is 252 g/mol. The highest BCUT2D eigenvalue weighted by molar-refractivity contribution is 5.59. The Balaban J connectivity index is 2.69. The van der Waals surface area contributed by atoms with E-state index in [4.69, 9.17) is 10.5 Å². The van der Waals surface area contributed by atoms with E-state index >= 15 is 0 Å². The van der Waals surface area contributed by atoms with Gasteiger partial charge in [-0.3, -0.25) is 0 Å². The molecule has 0 saturated carbocycles. The van der Waals surface area contributed by atoms with Gasteiger partial charge in [-0.15, -0.1) is 0 Å². The molecule has 0 bridgehead atoms. The van der Waals surface area contributed by atoms with Gasteiger partial charge in [0, 0.05) is 0 Å². The predicted octanol–water partition coefficient (Wildman–Crippen LogP) is 1.72. The van der Waals surface area contributed by atoms with Gasteiger partial charge in [-0.05, 0) is 18.6 Å². The smallest absolute Gasteiger partial charge is 0.321 e. The summed E-state index contributed by atoms with van der Waals surface area (Å²) in [6.07, 6.45) is 0. The number of hydrogen-bond donors (Lipinski definition) is 1. The molecule has 0 radical (unpaired) electrons. The number of methoxy groups -OCH3 is 1. The molecule has 0 unspecified atom stereocenters. The number of benzene rings is 1. The number of halogens is 2. The first-order chi connectivity index (χ1) is 8.52. The average molecular weight is 252 g/mol. The molecule has 94 valence electrons. The van der Waals surface area contributed by atoms with Gasteiger partial charge in [-0.1, -0.05) is 6.07 Å². The van der Waals surface area contributed by atoms with E-state index < -0.39 is 11.6 Å². The molecule has 1 aromatic carbocycles. The van der Waals surface area contributed by atoms with Crippen molar-refractivity contribution in [1.82, 2.24) is 15.0 Å². The molecule has 0 aliphatic heterocycles. The quantitative estimate of drug-likeness (QED) is 0.880.